The van der Waals surface area contributed by atoms with Gasteiger partial charge in [0.15, 0.2) is 6.61 Å². The quantitative estimate of drug-likeness (QED) is 0.661. The molecule has 0 bridgehead atoms. The zero-order valence-corrected chi connectivity index (χ0v) is 13.2. The Bertz CT molecular complexity index is 557. The summed E-state index contributed by atoms with van der Waals surface area (Å²) >= 11 is 0. The third-order valence-electron chi connectivity index (χ3n) is 4.34. The number of carbonyl (C=O) groups is 2. The number of hydrogen-bond donors (Lipinski definition) is 2. The molecule has 1 aliphatic rings. The van der Waals surface area contributed by atoms with E-state index in [1.807, 2.05) is 13.0 Å². The first-order valence-corrected chi connectivity index (χ1v) is 7.80. The lowest BCUT2D eigenvalue weighted by molar-refractivity contribution is -0.125. The van der Waals surface area contributed by atoms with Gasteiger partial charge in [-0.1, -0.05) is 31.9 Å². The van der Waals surface area contributed by atoms with E-state index in [-0.39, 0.29) is 18.6 Å². The zero-order valence-electron chi connectivity index (χ0n) is 13.2. The van der Waals surface area contributed by atoms with Crippen molar-refractivity contribution in [3.05, 3.63) is 29.3 Å². The summed E-state index contributed by atoms with van der Waals surface area (Å²) < 4.78 is 5.07. The van der Waals surface area contributed by atoms with E-state index >= 15 is 0 Å². The number of aryl methyl sites for hydroxylation is 1. The normalized spacial score (nSPS) is 21.2. The van der Waals surface area contributed by atoms with Gasteiger partial charge in [0.25, 0.3) is 5.91 Å². The second-order valence-corrected chi connectivity index (χ2v) is 6.05. The molecule has 1 saturated carbocycles. The van der Waals surface area contributed by atoms with Gasteiger partial charge in [-0.15, -0.1) is 0 Å². The number of anilines is 1. The summed E-state index contributed by atoms with van der Waals surface area (Å²) in [4.78, 5) is 23.9. The molecule has 120 valence electrons. The van der Waals surface area contributed by atoms with Crippen molar-refractivity contribution < 1.29 is 14.3 Å². The maximum absolute atomic E-state index is 12.0. The summed E-state index contributed by atoms with van der Waals surface area (Å²) in [5.74, 6) is -0.341. The number of ether oxygens (including phenoxy) is 1. The van der Waals surface area contributed by atoms with Gasteiger partial charge in [0, 0.05) is 11.7 Å². The van der Waals surface area contributed by atoms with Crippen LogP contribution in [0.3, 0.4) is 0 Å². The largest absolute Gasteiger partial charge is 0.452 e. The molecule has 1 aromatic carbocycles. The number of amides is 1. The van der Waals surface area contributed by atoms with Crippen LogP contribution in [0.4, 0.5) is 5.69 Å². The van der Waals surface area contributed by atoms with Gasteiger partial charge in [0.1, 0.15) is 0 Å². The molecule has 2 atom stereocenters. The lowest BCUT2D eigenvalue weighted by atomic mass is 9.86. The highest BCUT2D eigenvalue weighted by molar-refractivity contribution is 5.96. The summed E-state index contributed by atoms with van der Waals surface area (Å²) in [6, 6.07) is 5.35. The summed E-state index contributed by atoms with van der Waals surface area (Å²) in [7, 11) is 0. The fourth-order valence-electron chi connectivity index (χ4n) is 2.85. The fourth-order valence-corrected chi connectivity index (χ4v) is 2.85. The van der Waals surface area contributed by atoms with Gasteiger partial charge in [-0.3, -0.25) is 4.79 Å². The van der Waals surface area contributed by atoms with Crippen molar-refractivity contribution in [3.63, 3.8) is 0 Å². The SMILES string of the molecule is Cc1cccc(C(=O)OCC(=O)NC2CCCCC2C)c1N. The molecular weight excluding hydrogens is 280 g/mol. The molecule has 1 aliphatic carbocycles. The van der Waals surface area contributed by atoms with E-state index in [1.165, 1.54) is 6.42 Å². The maximum atomic E-state index is 12.0. The van der Waals surface area contributed by atoms with Crippen LogP contribution in [0.15, 0.2) is 18.2 Å². The van der Waals surface area contributed by atoms with E-state index < -0.39 is 5.97 Å². The van der Waals surface area contributed by atoms with Crippen LogP contribution in [0.25, 0.3) is 0 Å². The molecule has 3 N–H and O–H groups in total. The van der Waals surface area contributed by atoms with Crippen LogP contribution < -0.4 is 11.1 Å². The molecular formula is C17H24N2O3. The van der Waals surface area contributed by atoms with Gasteiger partial charge >= 0.3 is 5.97 Å². The van der Waals surface area contributed by atoms with Crippen molar-refractivity contribution in [1.82, 2.24) is 5.32 Å². The van der Waals surface area contributed by atoms with Crippen LogP contribution in [-0.2, 0) is 9.53 Å². The fraction of sp³-hybridized carbons (Fsp3) is 0.529. The predicted molar refractivity (Wildman–Crippen MR) is 85.4 cm³/mol. The minimum Gasteiger partial charge on any atom is -0.452 e. The highest BCUT2D eigenvalue weighted by atomic mass is 16.5. The van der Waals surface area contributed by atoms with Crippen LogP contribution in [0.1, 0.15) is 48.5 Å². The second kappa shape index (κ2) is 7.29. The molecule has 0 heterocycles. The molecule has 22 heavy (non-hydrogen) atoms. The summed E-state index contributed by atoms with van der Waals surface area (Å²) in [6.45, 7) is 3.70. The van der Waals surface area contributed by atoms with Crippen LogP contribution in [0, 0.1) is 12.8 Å². The third-order valence-corrected chi connectivity index (χ3v) is 4.34. The van der Waals surface area contributed by atoms with E-state index in [1.54, 1.807) is 12.1 Å². The van der Waals surface area contributed by atoms with E-state index in [9.17, 15) is 9.59 Å². The number of nitrogen functional groups attached to an aromatic ring is 1. The van der Waals surface area contributed by atoms with E-state index in [0.717, 1.165) is 24.8 Å². The van der Waals surface area contributed by atoms with E-state index in [4.69, 9.17) is 10.5 Å². The van der Waals surface area contributed by atoms with Crippen molar-refractivity contribution in [2.75, 3.05) is 12.3 Å². The lowest BCUT2D eigenvalue weighted by Crippen LogP contribution is -2.42. The van der Waals surface area contributed by atoms with Crippen molar-refractivity contribution >= 4 is 17.6 Å². The van der Waals surface area contributed by atoms with Gasteiger partial charge in [-0.25, -0.2) is 4.79 Å². The summed E-state index contributed by atoms with van der Waals surface area (Å²) in [6.07, 6.45) is 4.47. The van der Waals surface area contributed by atoms with Gasteiger partial charge in [0.2, 0.25) is 0 Å². The molecule has 1 aromatic rings. The number of hydrogen-bond acceptors (Lipinski definition) is 4. The third kappa shape index (κ3) is 4.00. The predicted octanol–water partition coefficient (Wildman–Crippen LogP) is 2.43. The van der Waals surface area contributed by atoms with Crippen LogP contribution in [-0.4, -0.2) is 24.5 Å². The molecule has 5 nitrogen and oxygen atoms in total. The average Bonchev–Trinajstić information content (AvgIpc) is 2.50. The Balaban J connectivity index is 1.85. The molecule has 1 amide bonds. The average molecular weight is 304 g/mol. The summed E-state index contributed by atoms with van der Waals surface area (Å²) in [5.41, 5.74) is 7.37. The number of nitrogens with one attached hydrogen (secondary N) is 1. The molecule has 1 fully saturated rings. The second-order valence-electron chi connectivity index (χ2n) is 6.05. The van der Waals surface area contributed by atoms with Gasteiger partial charge in [0.05, 0.1) is 5.56 Å². The Morgan fingerprint density at radius 1 is 1.32 bits per heavy atom. The molecule has 2 unspecified atom stereocenters. The van der Waals surface area contributed by atoms with Crippen LogP contribution in [0.2, 0.25) is 0 Å². The van der Waals surface area contributed by atoms with Crippen molar-refractivity contribution in [1.29, 1.82) is 0 Å². The number of rotatable bonds is 4. The zero-order chi connectivity index (χ0) is 16.1. The number of nitrogens with two attached hydrogens (primary N) is 1. The van der Waals surface area contributed by atoms with Gasteiger partial charge in [-0.2, -0.15) is 0 Å². The molecule has 0 radical (unpaired) electrons. The van der Waals surface area contributed by atoms with Crippen molar-refractivity contribution in [2.45, 2.75) is 45.6 Å². The molecule has 0 aliphatic heterocycles. The van der Waals surface area contributed by atoms with E-state index in [2.05, 4.69) is 12.2 Å². The first-order chi connectivity index (χ1) is 10.5. The standard InChI is InChI=1S/C17H24N2O3/c1-11-6-3-4-9-14(11)19-15(20)10-22-17(21)13-8-5-7-12(2)16(13)18/h5,7-8,11,14H,3-4,6,9-10,18H2,1-2H3,(H,19,20). The molecule has 5 heteroatoms. The Labute approximate surface area is 131 Å². The number of esters is 1. The van der Waals surface area contributed by atoms with Crippen molar-refractivity contribution in [3.8, 4) is 0 Å². The Morgan fingerprint density at radius 2 is 2.05 bits per heavy atom. The molecule has 0 aromatic heterocycles. The first-order valence-electron chi connectivity index (χ1n) is 7.80. The smallest absolute Gasteiger partial charge is 0.340 e. The van der Waals surface area contributed by atoms with Gasteiger partial charge in [-0.05, 0) is 37.3 Å². The molecule has 2 rings (SSSR count). The van der Waals surface area contributed by atoms with E-state index in [0.29, 0.717) is 17.2 Å². The number of carbonyl (C=O) groups excluding carboxylic acids is 2. The molecule has 0 saturated heterocycles. The molecule has 0 spiro atoms. The minimum absolute atomic E-state index is 0.184. The summed E-state index contributed by atoms with van der Waals surface area (Å²) in [5, 5.41) is 2.95. The lowest BCUT2D eigenvalue weighted by Gasteiger charge is -2.29. The first kappa shape index (κ1) is 16.3. The Hall–Kier alpha value is -2.04. The van der Waals surface area contributed by atoms with Crippen molar-refractivity contribution in [2.24, 2.45) is 5.92 Å². The Morgan fingerprint density at radius 3 is 2.77 bits per heavy atom. The maximum Gasteiger partial charge on any atom is 0.340 e. The topological polar surface area (TPSA) is 81.4 Å². The van der Waals surface area contributed by atoms with Crippen LogP contribution >= 0.6 is 0 Å². The highest BCUT2D eigenvalue weighted by Crippen LogP contribution is 2.23. The van der Waals surface area contributed by atoms with Gasteiger partial charge < -0.3 is 15.8 Å². The monoisotopic (exact) mass is 304 g/mol. The highest BCUT2D eigenvalue weighted by Gasteiger charge is 2.23. The Kier molecular flexibility index (Phi) is 5.41. The number of benzene rings is 1. The number of para-hydroxylation sites is 1. The van der Waals surface area contributed by atoms with Crippen LogP contribution in [0.5, 0.6) is 0 Å². The minimum atomic E-state index is -0.562.